The molecule has 3 aromatic carbocycles. The van der Waals surface area contributed by atoms with Gasteiger partial charge >= 0.3 is 5.69 Å². The van der Waals surface area contributed by atoms with Crippen LogP contribution in [0.4, 0.5) is 5.69 Å². The first-order valence-electron chi connectivity index (χ1n) is 10.1. The van der Waals surface area contributed by atoms with Crippen molar-refractivity contribution >= 4 is 22.9 Å². The summed E-state index contributed by atoms with van der Waals surface area (Å²) in [6.45, 7) is 1.97. The zero-order chi connectivity index (χ0) is 22.7. The topological polar surface area (TPSA) is 121 Å². The molecule has 0 amide bonds. The van der Waals surface area contributed by atoms with Crippen LogP contribution in [0.5, 0.6) is 11.5 Å². The van der Waals surface area contributed by atoms with Crippen molar-refractivity contribution in [3.63, 3.8) is 0 Å². The third kappa shape index (κ3) is 3.98. The molecule has 32 heavy (non-hydrogen) atoms. The Morgan fingerprint density at radius 1 is 1.06 bits per heavy atom. The number of hydrogen-bond donors (Lipinski definition) is 4. The van der Waals surface area contributed by atoms with Crippen molar-refractivity contribution in [3.05, 3.63) is 99.6 Å². The maximum Gasteiger partial charge on any atom is 0.315 e. The van der Waals surface area contributed by atoms with Crippen molar-refractivity contribution in [2.45, 2.75) is 13.0 Å². The lowest BCUT2D eigenvalue weighted by atomic mass is 9.87. The second-order valence-corrected chi connectivity index (χ2v) is 7.17. The van der Waals surface area contributed by atoms with Gasteiger partial charge < -0.3 is 20.5 Å². The molecule has 8 heteroatoms. The molecule has 1 atom stereocenters. The molecule has 0 radical (unpaired) electrons. The van der Waals surface area contributed by atoms with Gasteiger partial charge in [-0.2, -0.15) is 0 Å². The Morgan fingerprint density at radius 2 is 1.69 bits per heavy atom. The predicted octanol–water partition coefficient (Wildman–Crippen LogP) is 4.44. The first-order chi connectivity index (χ1) is 15.5. The lowest BCUT2D eigenvalue weighted by Crippen LogP contribution is -2.43. The normalized spacial score (nSPS) is 15.7. The van der Waals surface area contributed by atoms with Crippen LogP contribution in [0.15, 0.2) is 72.8 Å². The number of hydrogen-bond acceptors (Lipinski definition) is 5. The molecule has 0 bridgehead atoms. The molecule has 0 fully saturated rings. The van der Waals surface area contributed by atoms with Gasteiger partial charge in [0.15, 0.2) is 11.7 Å². The van der Waals surface area contributed by atoms with Crippen LogP contribution in [0.2, 0.25) is 0 Å². The quantitative estimate of drug-likeness (QED) is 0.339. The van der Waals surface area contributed by atoms with Crippen LogP contribution in [0.25, 0.3) is 11.3 Å². The minimum absolute atomic E-state index is 0.0252. The van der Waals surface area contributed by atoms with E-state index in [0.717, 1.165) is 22.4 Å². The molecule has 0 saturated carbocycles. The van der Waals surface area contributed by atoms with Gasteiger partial charge in [0.1, 0.15) is 0 Å². The lowest BCUT2D eigenvalue weighted by molar-refractivity contribution is -0.386. The van der Waals surface area contributed by atoms with Gasteiger partial charge in [0, 0.05) is 11.6 Å². The molecule has 1 aliphatic heterocycles. The number of ether oxygens (including phenoxy) is 1. The van der Waals surface area contributed by atoms with Crippen LogP contribution in [0.1, 0.15) is 29.7 Å². The average molecular weight is 430 g/mol. The maximum atomic E-state index is 11.6. The van der Waals surface area contributed by atoms with Gasteiger partial charge in [-0.25, -0.2) is 0 Å². The fraction of sp³-hybridized carbons (Fsp3) is 0.125. The summed E-state index contributed by atoms with van der Waals surface area (Å²) in [4.78, 5) is 11.0. The molecule has 1 heterocycles. The van der Waals surface area contributed by atoms with E-state index < -0.39 is 22.4 Å². The highest BCUT2D eigenvalue weighted by atomic mass is 16.6. The maximum absolute atomic E-state index is 11.6. The molecule has 0 saturated heterocycles. The number of benzene rings is 3. The highest BCUT2D eigenvalue weighted by molar-refractivity contribution is 6.03. The van der Waals surface area contributed by atoms with Crippen molar-refractivity contribution in [2.75, 3.05) is 6.61 Å². The standard InChI is InChI=1S/C24H22N4O4/c1-2-32-19-14-17(13-18(23(19)29)28(30)31)22-20(15-9-5-3-6-10-15)21(26-24(25)27-22)16-11-7-4-8-12-16/h3-14,22,29H,2H2,1H3,(H3,25,26,27). The number of aromatic hydroxyl groups is 1. The number of guanidine groups is 1. The Bertz CT molecular complexity index is 1190. The zero-order valence-electron chi connectivity index (χ0n) is 17.3. The number of phenols is 1. The van der Waals surface area contributed by atoms with E-state index in [-0.39, 0.29) is 18.3 Å². The fourth-order valence-electron chi connectivity index (χ4n) is 3.79. The van der Waals surface area contributed by atoms with Crippen molar-refractivity contribution in [3.8, 4) is 11.5 Å². The van der Waals surface area contributed by atoms with Gasteiger partial charge in [0.05, 0.1) is 23.3 Å². The zero-order valence-corrected chi connectivity index (χ0v) is 17.3. The Morgan fingerprint density at radius 3 is 2.28 bits per heavy atom. The number of nitro benzene ring substituents is 1. The summed E-state index contributed by atoms with van der Waals surface area (Å²) < 4.78 is 5.47. The van der Waals surface area contributed by atoms with E-state index in [0.29, 0.717) is 5.56 Å². The van der Waals surface area contributed by atoms with E-state index in [9.17, 15) is 15.2 Å². The van der Waals surface area contributed by atoms with E-state index in [2.05, 4.69) is 10.6 Å². The van der Waals surface area contributed by atoms with Gasteiger partial charge in [0.25, 0.3) is 0 Å². The molecule has 8 nitrogen and oxygen atoms in total. The monoisotopic (exact) mass is 430 g/mol. The molecule has 0 aliphatic carbocycles. The van der Waals surface area contributed by atoms with Crippen molar-refractivity contribution in [1.29, 1.82) is 5.41 Å². The molecule has 0 aromatic heterocycles. The van der Waals surface area contributed by atoms with Gasteiger partial charge in [-0.3, -0.25) is 15.5 Å². The third-order valence-corrected chi connectivity index (χ3v) is 5.15. The van der Waals surface area contributed by atoms with E-state index in [1.165, 1.54) is 6.07 Å². The summed E-state index contributed by atoms with van der Waals surface area (Å²) in [5.74, 6) is -0.433. The number of nitrogens with zero attached hydrogens (tertiary/aromatic N) is 1. The largest absolute Gasteiger partial charge is 0.500 e. The molecule has 3 aromatic rings. The summed E-state index contributed by atoms with van der Waals surface area (Å²) in [5, 5.41) is 36.5. The minimum atomic E-state index is -0.641. The number of rotatable bonds is 6. The SMILES string of the molecule is CCOc1cc(C2NC(=N)NC(c3ccccc3)=C2c2ccccc2)cc([N+](=O)[O-])c1O. The highest BCUT2D eigenvalue weighted by Crippen LogP contribution is 2.43. The summed E-state index contributed by atoms with van der Waals surface area (Å²) in [5.41, 5.74) is 3.34. The van der Waals surface area contributed by atoms with Crippen LogP contribution >= 0.6 is 0 Å². The molecular formula is C24H22N4O4. The first kappa shape index (κ1) is 20.9. The number of phenolic OH excluding ortho intramolecular Hbond substituents is 1. The van der Waals surface area contributed by atoms with E-state index >= 15 is 0 Å². The Balaban J connectivity index is 1.98. The van der Waals surface area contributed by atoms with Crippen LogP contribution in [0.3, 0.4) is 0 Å². The molecule has 4 rings (SSSR count). The van der Waals surface area contributed by atoms with Gasteiger partial charge in [0.2, 0.25) is 5.75 Å². The van der Waals surface area contributed by atoms with Crippen molar-refractivity contribution in [2.24, 2.45) is 0 Å². The number of nitrogens with one attached hydrogen (secondary N) is 3. The average Bonchev–Trinajstić information content (AvgIpc) is 2.81. The molecule has 1 unspecified atom stereocenters. The fourth-order valence-corrected chi connectivity index (χ4v) is 3.79. The predicted molar refractivity (Wildman–Crippen MR) is 122 cm³/mol. The van der Waals surface area contributed by atoms with Crippen molar-refractivity contribution < 1.29 is 14.8 Å². The van der Waals surface area contributed by atoms with Crippen LogP contribution in [-0.2, 0) is 0 Å². The molecular weight excluding hydrogens is 408 g/mol. The molecule has 1 aliphatic rings. The van der Waals surface area contributed by atoms with Crippen LogP contribution in [0, 0.1) is 15.5 Å². The smallest absolute Gasteiger partial charge is 0.315 e. The Kier molecular flexibility index (Phi) is 5.76. The first-order valence-corrected chi connectivity index (χ1v) is 10.1. The molecule has 0 spiro atoms. The summed E-state index contributed by atoms with van der Waals surface area (Å²) >= 11 is 0. The van der Waals surface area contributed by atoms with E-state index in [1.54, 1.807) is 13.0 Å². The number of nitro groups is 1. The van der Waals surface area contributed by atoms with E-state index in [4.69, 9.17) is 10.1 Å². The highest BCUT2D eigenvalue weighted by Gasteiger charge is 2.31. The van der Waals surface area contributed by atoms with Gasteiger partial charge in [-0.05, 0) is 29.7 Å². The summed E-state index contributed by atoms with van der Waals surface area (Å²) in [7, 11) is 0. The molecule has 162 valence electrons. The third-order valence-electron chi connectivity index (χ3n) is 5.15. The second-order valence-electron chi connectivity index (χ2n) is 7.17. The van der Waals surface area contributed by atoms with Crippen molar-refractivity contribution in [1.82, 2.24) is 10.6 Å². The van der Waals surface area contributed by atoms with Crippen LogP contribution in [-0.4, -0.2) is 22.6 Å². The minimum Gasteiger partial charge on any atom is -0.500 e. The van der Waals surface area contributed by atoms with E-state index in [1.807, 2.05) is 60.7 Å². The summed E-state index contributed by atoms with van der Waals surface area (Å²) in [6, 6.07) is 21.5. The van der Waals surface area contributed by atoms with Gasteiger partial charge in [-0.1, -0.05) is 60.7 Å². The Labute approximate surface area is 184 Å². The van der Waals surface area contributed by atoms with Crippen LogP contribution < -0.4 is 15.4 Å². The summed E-state index contributed by atoms with van der Waals surface area (Å²) in [6.07, 6.45) is 0. The Hall–Kier alpha value is -4.33. The second kappa shape index (κ2) is 8.81. The lowest BCUT2D eigenvalue weighted by Gasteiger charge is -2.33. The van der Waals surface area contributed by atoms with Gasteiger partial charge in [-0.15, -0.1) is 0 Å². The molecule has 4 N–H and O–H groups in total.